The number of thioether (sulfide) groups is 1. The lowest BCUT2D eigenvalue weighted by Gasteiger charge is -2.01. The smallest absolute Gasteiger partial charge is 0.255 e. The first-order valence-corrected chi connectivity index (χ1v) is 6.57. The largest absolute Gasteiger partial charge is 0.440 e. The molecule has 1 rings (SSSR count). The van der Waals surface area contributed by atoms with Crippen molar-refractivity contribution in [2.45, 2.75) is 38.3 Å². The highest BCUT2D eigenvalue weighted by atomic mass is 32.2. The van der Waals surface area contributed by atoms with Crippen LogP contribution < -0.4 is 5.32 Å². The van der Waals surface area contributed by atoms with Crippen LogP contribution in [-0.2, 0) is 0 Å². The lowest BCUT2D eigenvalue weighted by molar-refractivity contribution is 0.454. The zero-order chi connectivity index (χ0) is 10.9. The minimum Gasteiger partial charge on any atom is -0.440 e. The molecule has 0 unspecified atom stereocenters. The van der Waals surface area contributed by atoms with Gasteiger partial charge in [-0.25, -0.2) is 4.98 Å². The summed E-state index contributed by atoms with van der Waals surface area (Å²) in [6, 6.07) is 0. The number of rotatable bonds is 8. The summed E-state index contributed by atoms with van der Waals surface area (Å²) >= 11 is 1.66. The van der Waals surface area contributed by atoms with Gasteiger partial charge in [-0.15, -0.1) is 0 Å². The molecule has 1 N–H and O–H groups in total. The van der Waals surface area contributed by atoms with Crippen LogP contribution in [0.25, 0.3) is 0 Å². The summed E-state index contributed by atoms with van der Waals surface area (Å²) in [6.45, 7) is 6.31. The van der Waals surface area contributed by atoms with Crippen molar-refractivity contribution in [1.82, 2.24) is 10.3 Å². The molecule has 0 fully saturated rings. The average Bonchev–Trinajstić information content (AvgIpc) is 2.63. The van der Waals surface area contributed by atoms with E-state index in [2.05, 4.69) is 17.2 Å². The first kappa shape index (κ1) is 12.6. The van der Waals surface area contributed by atoms with E-state index < -0.39 is 0 Å². The van der Waals surface area contributed by atoms with Gasteiger partial charge in [0, 0.05) is 12.3 Å². The molecule has 0 radical (unpaired) electrons. The van der Waals surface area contributed by atoms with Gasteiger partial charge in [-0.3, -0.25) is 0 Å². The Balaban J connectivity index is 1.93. The van der Waals surface area contributed by atoms with Crippen LogP contribution in [0.4, 0.5) is 0 Å². The summed E-state index contributed by atoms with van der Waals surface area (Å²) in [7, 11) is 0. The number of aromatic nitrogens is 1. The highest BCUT2D eigenvalue weighted by Gasteiger charge is 1.99. The third-order valence-corrected chi connectivity index (χ3v) is 2.90. The van der Waals surface area contributed by atoms with Crippen LogP contribution in [0.2, 0.25) is 0 Å². The number of nitrogens with zero attached hydrogens (tertiary/aromatic N) is 1. The Morgan fingerprint density at radius 1 is 1.40 bits per heavy atom. The maximum atomic E-state index is 5.23. The molecule has 0 amide bonds. The van der Waals surface area contributed by atoms with E-state index in [1.165, 1.54) is 19.3 Å². The Hall–Kier alpha value is -0.480. The second kappa shape index (κ2) is 7.77. The minimum atomic E-state index is 0.780. The SMILES string of the molecule is CCCCCNCCSc1nc(C)co1. The number of hydrogen-bond acceptors (Lipinski definition) is 4. The molecule has 0 atom stereocenters. The van der Waals surface area contributed by atoms with Gasteiger partial charge in [-0.05, 0) is 19.9 Å². The summed E-state index contributed by atoms with van der Waals surface area (Å²) in [5, 5.41) is 4.19. The quantitative estimate of drug-likeness (QED) is 0.548. The van der Waals surface area contributed by atoms with E-state index in [1.807, 2.05) is 6.92 Å². The van der Waals surface area contributed by atoms with Crippen LogP contribution in [0.3, 0.4) is 0 Å². The molecule has 3 nitrogen and oxygen atoms in total. The van der Waals surface area contributed by atoms with Crippen molar-refractivity contribution in [2.75, 3.05) is 18.8 Å². The summed E-state index contributed by atoms with van der Waals surface area (Å²) in [6.07, 6.45) is 5.57. The molecule has 1 heterocycles. The van der Waals surface area contributed by atoms with E-state index in [9.17, 15) is 0 Å². The topological polar surface area (TPSA) is 38.1 Å². The van der Waals surface area contributed by atoms with Crippen molar-refractivity contribution in [1.29, 1.82) is 0 Å². The van der Waals surface area contributed by atoms with Crippen molar-refractivity contribution >= 4 is 11.8 Å². The molecule has 0 aliphatic carbocycles. The van der Waals surface area contributed by atoms with Gasteiger partial charge in [0.2, 0.25) is 0 Å². The molecule has 0 spiro atoms. The molecule has 0 aliphatic rings. The molecular weight excluding hydrogens is 208 g/mol. The molecule has 0 saturated heterocycles. The molecule has 15 heavy (non-hydrogen) atoms. The number of aryl methyl sites for hydroxylation is 1. The Kier molecular flexibility index (Phi) is 6.52. The van der Waals surface area contributed by atoms with Crippen molar-refractivity contribution in [3.05, 3.63) is 12.0 Å². The Bertz CT molecular complexity index is 263. The standard InChI is InChI=1S/C11H20N2OS/c1-3-4-5-6-12-7-8-15-11-13-10(2)9-14-11/h9,12H,3-8H2,1-2H3. The maximum absolute atomic E-state index is 5.23. The van der Waals surface area contributed by atoms with Crippen molar-refractivity contribution in [2.24, 2.45) is 0 Å². The first-order chi connectivity index (χ1) is 7.33. The molecule has 0 bridgehead atoms. The summed E-state index contributed by atoms with van der Waals surface area (Å²) in [4.78, 5) is 4.23. The van der Waals surface area contributed by atoms with Crippen LogP contribution in [0.15, 0.2) is 15.9 Å². The van der Waals surface area contributed by atoms with E-state index in [0.29, 0.717) is 0 Å². The average molecular weight is 228 g/mol. The summed E-state index contributed by atoms with van der Waals surface area (Å²) in [5.41, 5.74) is 0.952. The highest BCUT2D eigenvalue weighted by molar-refractivity contribution is 7.99. The van der Waals surface area contributed by atoms with Gasteiger partial charge in [0.15, 0.2) is 0 Å². The number of nitrogens with one attached hydrogen (secondary N) is 1. The Labute approximate surface area is 96.0 Å². The normalized spacial score (nSPS) is 10.8. The van der Waals surface area contributed by atoms with Crippen molar-refractivity contribution in [3.63, 3.8) is 0 Å². The van der Waals surface area contributed by atoms with Crippen LogP contribution >= 0.6 is 11.8 Å². The van der Waals surface area contributed by atoms with E-state index in [-0.39, 0.29) is 0 Å². The molecule has 0 aromatic carbocycles. The van der Waals surface area contributed by atoms with Gasteiger partial charge in [-0.2, -0.15) is 0 Å². The van der Waals surface area contributed by atoms with Crippen molar-refractivity contribution < 1.29 is 4.42 Å². The fraction of sp³-hybridized carbons (Fsp3) is 0.727. The molecule has 0 saturated carbocycles. The van der Waals surface area contributed by atoms with Crippen LogP contribution in [0.1, 0.15) is 31.9 Å². The first-order valence-electron chi connectivity index (χ1n) is 5.58. The summed E-state index contributed by atoms with van der Waals surface area (Å²) < 4.78 is 5.23. The third-order valence-electron chi connectivity index (χ3n) is 2.06. The minimum absolute atomic E-state index is 0.780. The lowest BCUT2D eigenvalue weighted by atomic mass is 10.2. The van der Waals surface area contributed by atoms with Crippen molar-refractivity contribution in [3.8, 4) is 0 Å². The third kappa shape index (κ3) is 5.85. The fourth-order valence-electron chi connectivity index (χ4n) is 1.23. The van der Waals surface area contributed by atoms with Crippen LogP contribution in [-0.4, -0.2) is 23.8 Å². The van der Waals surface area contributed by atoms with E-state index >= 15 is 0 Å². The number of oxazole rings is 1. The highest BCUT2D eigenvalue weighted by Crippen LogP contribution is 2.15. The zero-order valence-electron chi connectivity index (χ0n) is 9.58. The second-order valence-corrected chi connectivity index (χ2v) is 4.61. The van der Waals surface area contributed by atoms with E-state index in [0.717, 1.165) is 29.8 Å². The predicted octanol–water partition coefficient (Wildman–Crippen LogP) is 2.85. The molecule has 86 valence electrons. The van der Waals surface area contributed by atoms with Crippen LogP contribution in [0, 0.1) is 6.92 Å². The van der Waals surface area contributed by atoms with Crippen LogP contribution in [0.5, 0.6) is 0 Å². The molecule has 4 heteroatoms. The van der Waals surface area contributed by atoms with Gasteiger partial charge >= 0.3 is 0 Å². The lowest BCUT2D eigenvalue weighted by Crippen LogP contribution is -2.18. The Morgan fingerprint density at radius 3 is 2.93 bits per heavy atom. The van der Waals surface area contributed by atoms with Gasteiger partial charge in [0.25, 0.3) is 5.22 Å². The van der Waals surface area contributed by atoms with Gasteiger partial charge in [0.1, 0.15) is 6.26 Å². The molecule has 0 aliphatic heterocycles. The van der Waals surface area contributed by atoms with Gasteiger partial charge < -0.3 is 9.73 Å². The van der Waals surface area contributed by atoms with E-state index in [1.54, 1.807) is 18.0 Å². The fourth-order valence-corrected chi connectivity index (χ4v) is 1.98. The number of unbranched alkanes of at least 4 members (excludes halogenated alkanes) is 2. The molecule has 1 aromatic rings. The van der Waals surface area contributed by atoms with Gasteiger partial charge in [-0.1, -0.05) is 31.5 Å². The zero-order valence-corrected chi connectivity index (χ0v) is 10.4. The predicted molar refractivity (Wildman–Crippen MR) is 64.4 cm³/mol. The summed E-state index contributed by atoms with van der Waals surface area (Å²) in [5.74, 6) is 1.02. The number of hydrogen-bond donors (Lipinski definition) is 1. The molecular formula is C11H20N2OS. The van der Waals surface area contributed by atoms with Gasteiger partial charge in [0.05, 0.1) is 5.69 Å². The monoisotopic (exact) mass is 228 g/mol. The molecule has 1 aromatic heterocycles. The van der Waals surface area contributed by atoms with E-state index in [4.69, 9.17) is 4.42 Å². The second-order valence-electron chi connectivity index (χ2n) is 3.56. The Morgan fingerprint density at radius 2 is 2.27 bits per heavy atom. The maximum Gasteiger partial charge on any atom is 0.255 e.